The van der Waals surface area contributed by atoms with Crippen LogP contribution in [0.3, 0.4) is 0 Å². The van der Waals surface area contributed by atoms with Crippen LogP contribution in [0, 0.1) is 6.92 Å². The quantitative estimate of drug-likeness (QED) is 0.929. The molecule has 0 spiro atoms. The van der Waals surface area contributed by atoms with Gasteiger partial charge in [-0.05, 0) is 38.4 Å². The van der Waals surface area contributed by atoms with Crippen molar-refractivity contribution in [3.63, 3.8) is 0 Å². The minimum absolute atomic E-state index is 0.801. The predicted molar refractivity (Wildman–Crippen MR) is 81.3 cm³/mol. The Morgan fingerprint density at radius 3 is 2.80 bits per heavy atom. The molecule has 0 amide bonds. The van der Waals surface area contributed by atoms with E-state index in [1.807, 2.05) is 19.4 Å². The van der Waals surface area contributed by atoms with Crippen LogP contribution in [0.4, 0.5) is 11.6 Å². The summed E-state index contributed by atoms with van der Waals surface area (Å²) in [6.07, 6.45) is 6.10. The zero-order valence-electron chi connectivity index (χ0n) is 12.1. The molecule has 0 aliphatic carbocycles. The third-order valence-electron chi connectivity index (χ3n) is 3.67. The number of hydrogen-bond donors (Lipinski definition) is 1. The van der Waals surface area contributed by atoms with E-state index in [9.17, 15) is 0 Å². The molecule has 0 bridgehead atoms. The Hall–Kier alpha value is -1.94. The van der Waals surface area contributed by atoms with Crippen molar-refractivity contribution in [2.75, 3.05) is 18.5 Å². The summed E-state index contributed by atoms with van der Waals surface area (Å²) >= 11 is 0. The van der Waals surface area contributed by atoms with Crippen molar-refractivity contribution in [1.29, 1.82) is 0 Å². The molecule has 0 fully saturated rings. The molecule has 104 valence electrons. The molecular formula is C16H20N4. The van der Waals surface area contributed by atoms with Gasteiger partial charge in [-0.2, -0.15) is 0 Å². The Balaban J connectivity index is 1.92. The van der Waals surface area contributed by atoms with Gasteiger partial charge in [-0.15, -0.1) is 0 Å². The summed E-state index contributed by atoms with van der Waals surface area (Å²) in [7, 11) is 1.93. The van der Waals surface area contributed by atoms with Crippen molar-refractivity contribution < 1.29 is 0 Å². The van der Waals surface area contributed by atoms with E-state index < -0.39 is 0 Å². The van der Waals surface area contributed by atoms with Crippen molar-refractivity contribution in [3.8, 4) is 0 Å². The monoisotopic (exact) mass is 268 g/mol. The van der Waals surface area contributed by atoms with Crippen LogP contribution in [0.15, 0.2) is 30.6 Å². The molecule has 4 nitrogen and oxygen atoms in total. The maximum atomic E-state index is 4.52. The number of fused-ring (bicyclic) bond motifs is 1. The molecule has 2 heterocycles. The average molecular weight is 268 g/mol. The fraction of sp³-hybridized carbons (Fsp3) is 0.375. The number of hydrogen-bond acceptors (Lipinski definition) is 4. The summed E-state index contributed by atoms with van der Waals surface area (Å²) in [5.74, 6) is 0.801. The van der Waals surface area contributed by atoms with E-state index in [1.165, 1.54) is 16.8 Å². The van der Waals surface area contributed by atoms with E-state index >= 15 is 0 Å². The van der Waals surface area contributed by atoms with Crippen molar-refractivity contribution in [2.24, 2.45) is 0 Å². The normalized spacial score (nSPS) is 14.2. The highest BCUT2D eigenvalue weighted by Crippen LogP contribution is 2.31. The summed E-state index contributed by atoms with van der Waals surface area (Å²) in [4.78, 5) is 11.3. The summed E-state index contributed by atoms with van der Waals surface area (Å²) in [6.45, 7) is 3.93. The van der Waals surface area contributed by atoms with Crippen molar-refractivity contribution in [3.05, 3.63) is 47.3 Å². The third kappa shape index (κ3) is 2.51. The van der Waals surface area contributed by atoms with Gasteiger partial charge in [0.1, 0.15) is 0 Å². The molecule has 1 aliphatic heterocycles. The molecule has 0 atom stereocenters. The van der Waals surface area contributed by atoms with Crippen molar-refractivity contribution >= 4 is 11.6 Å². The predicted octanol–water partition coefficient (Wildman–Crippen LogP) is 2.59. The Labute approximate surface area is 119 Å². The molecule has 1 N–H and O–H groups in total. The van der Waals surface area contributed by atoms with Crippen molar-refractivity contribution in [2.45, 2.75) is 26.3 Å². The number of nitrogens with one attached hydrogen (secondary N) is 1. The minimum Gasteiger partial charge on any atom is -0.316 e. The first-order chi connectivity index (χ1) is 9.78. The van der Waals surface area contributed by atoms with E-state index in [2.05, 4.69) is 45.3 Å². The fourth-order valence-corrected chi connectivity index (χ4v) is 2.72. The highest BCUT2D eigenvalue weighted by molar-refractivity contribution is 5.64. The zero-order chi connectivity index (χ0) is 13.9. The Morgan fingerprint density at radius 2 is 2.05 bits per heavy atom. The van der Waals surface area contributed by atoms with Crippen LogP contribution < -0.4 is 10.2 Å². The molecule has 20 heavy (non-hydrogen) atoms. The lowest BCUT2D eigenvalue weighted by Gasteiger charge is -2.29. The van der Waals surface area contributed by atoms with Crippen LogP contribution in [0.25, 0.3) is 0 Å². The fourth-order valence-electron chi connectivity index (χ4n) is 2.72. The molecule has 3 rings (SSSR count). The van der Waals surface area contributed by atoms with Gasteiger partial charge in [0, 0.05) is 36.7 Å². The lowest BCUT2D eigenvalue weighted by Crippen LogP contribution is -2.26. The van der Waals surface area contributed by atoms with E-state index in [-0.39, 0.29) is 0 Å². The molecule has 1 aromatic carbocycles. The molecule has 0 saturated heterocycles. The van der Waals surface area contributed by atoms with E-state index in [0.717, 1.165) is 37.4 Å². The standard InChI is InChI=1S/C16H20N4/c1-12-5-6-15-14(8-12)4-3-7-20(15)16-18-10-13(9-17-2)11-19-16/h5-6,8,10-11,17H,3-4,7,9H2,1-2H3. The number of rotatable bonds is 3. The molecular weight excluding hydrogens is 248 g/mol. The maximum absolute atomic E-state index is 4.52. The van der Waals surface area contributed by atoms with E-state index in [0.29, 0.717) is 0 Å². The summed E-state index contributed by atoms with van der Waals surface area (Å²) < 4.78 is 0. The second kappa shape index (κ2) is 5.59. The van der Waals surface area contributed by atoms with Gasteiger partial charge in [0.25, 0.3) is 0 Å². The van der Waals surface area contributed by atoms with Crippen LogP contribution >= 0.6 is 0 Å². The Bertz CT molecular complexity index is 592. The smallest absolute Gasteiger partial charge is 0.229 e. The van der Waals surface area contributed by atoms with Gasteiger partial charge in [-0.3, -0.25) is 0 Å². The Morgan fingerprint density at radius 1 is 1.25 bits per heavy atom. The average Bonchev–Trinajstić information content (AvgIpc) is 2.47. The zero-order valence-corrected chi connectivity index (χ0v) is 12.1. The topological polar surface area (TPSA) is 41.1 Å². The van der Waals surface area contributed by atoms with Gasteiger partial charge in [-0.1, -0.05) is 17.7 Å². The maximum Gasteiger partial charge on any atom is 0.229 e. The van der Waals surface area contributed by atoms with Crippen molar-refractivity contribution in [1.82, 2.24) is 15.3 Å². The first-order valence-electron chi connectivity index (χ1n) is 7.10. The molecule has 1 aromatic heterocycles. The van der Waals surface area contributed by atoms with Gasteiger partial charge in [-0.25, -0.2) is 9.97 Å². The number of benzene rings is 1. The minimum atomic E-state index is 0.801. The number of anilines is 2. The highest BCUT2D eigenvalue weighted by Gasteiger charge is 2.19. The Kier molecular flexibility index (Phi) is 3.65. The molecule has 0 radical (unpaired) electrons. The lowest BCUT2D eigenvalue weighted by atomic mass is 10.00. The number of nitrogens with zero attached hydrogens (tertiary/aromatic N) is 3. The first kappa shape index (κ1) is 13.1. The molecule has 2 aromatic rings. The van der Waals surface area contributed by atoms with Gasteiger partial charge in [0.05, 0.1) is 0 Å². The van der Waals surface area contributed by atoms with Crippen LogP contribution in [0.1, 0.15) is 23.1 Å². The van der Waals surface area contributed by atoms with Gasteiger partial charge in [0.15, 0.2) is 0 Å². The lowest BCUT2D eigenvalue weighted by molar-refractivity contribution is 0.745. The SMILES string of the molecule is CNCc1cnc(N2CCCc3cc(C)ccc32)nc1. The summed E-state index contributed by atoms with van der Waals surface area (Å²) in [5.41, 5.74) is 5.08. The largest absolute Gasteiger partial charge is 0.316 e. The van der Waals surface area contributed by atoms with Gasteiger partial charge in [0.2, 0.25) is 5.95 Å². The van der Waals surface area contributed by atoms with Crippen LogP contribution in [0.2, 0.25) is 0 Å². The first-order valence-corrected chi connectivity index (χ1v) is 7.10. The second-order valence-electron chi connectivity index (χ2n) is 5.31. The molecule has 1 aliphatic rings. The summed E-state index contributed by atoms with van der Waals surface area (Å²) in [6, 6.07) is 6.62. The second-order valence-corrected chi connectivity index (χ2v) is 5.31. The van der Waals surface area contributed by atoms with E-state index in [4.69, 9.17) is 0 Å². The van der Waals surface area contributed by atoms with Crippen LogP contribution in [-0.2, 0) is 13.0 Å². The van der Waals surface area contributed by atoms with E-state index in [1.54, 1.807) is 0 Å². The third-order valence-corrected chi connectivity index (χ3v) is 3.67. The van der Waals surface area contributed by atoms with Gasteiger partial charge >= 0.3 is 0 Å². The summed E-state index contributed by atoms with van der Waals surface area (Å²) in [5, 5.41) is 3.11. The van der Waals surface area contributed by atoms with Crippen LogP contribution in [-0.4, -0.2) is 23.6 Å². The number of aryl methyl sites for hydroxylation is 2. The van der Waals surface area contributed by atoms with Crippen LogP contribution in [0.5, 0.6) is 0 Å². The number of aromatic nitrogens is 2. The molecule has 4 heteroatoms. The molecule has 0 unspecified atom stereocenters. The van der Waals surface area contributed by atoms with Gasteiger partial charge < -0.3 is 10.2 Å². The highest BCUT2D eigenvalue weighted by atomic mass is 15.3. The molecule has 0 saturated carbocycles.